The number of thiazole rings is 1. The molecule has 1 aliphatic rings. The first-order valence-electron chi connectivity index (χ1n) is 8.47. The second-order valence-electron chi connectivity index (χ2n) is 6.42. The van der Waals surface area contributed by atoms with Gasteiger partial charge in [0.25, 0.3) is 5.91 Å². The second-order valence-corrected chi connectivity index (χ2v) is 7.80. The summed E-state index contributed by atoms with van der Waals surface area (Å²) in [6.07, 6.45) is 2.35. The van der Waals surface area contributed by atoms with E-state index in [0.29, 0.717) is 17.6 Å². The number of aryl methyl sites for hydroxylation is 1. The summed E-state index contributed by atoms with van der Waals surface area (Å²) in [7, 11) is 0. The van der Waals surface area contributed by atoms with E-state index >= 15 is 0 Å². The van der Waals surface area contributed by atoms with E-state index in [9.17, 15) is 9.59 Å². The van der Waals surface area contributed by atoms with Gasteiger partial charge < -0.3 is 0 Å². The molecule has 1 aliphatic carbocycles. The number of halogens is 1. The van der Waals surface area contributed by atoms with Crippen molar-refractivity contribution >= 4 is 34.8 Å². The maximum absolute atomic E-state index is 12.2. The Hall–Kier alpha value is -1.96. The number of nitrogens with one attached hydrogen (secondary N) is 2. The fourth-order valence-corrected chi connectivity index (χ4v) is 3.50. The number of hydrazine groups is 1. The van der Waals surface area contributed by atoms with Crippen molar-refractivity contribution in [3.63, 3.8) is 0 Å². The SMILES string of the molecule is Cc1csc(CC(=O)NNC(=O)CN(Cc2ccc(Cl)cc2)C2CC2)n1. The highest BCUT2D eigenvalue weighted by Crippen LogP contribution is 2.28. The minimum atomic E-state index is -0.275. The number of carbonyl (C=O) groups excluding carboxylic acids is 2. The van der Waals surface area contributed by atoms with E-state index in [1.807, 2.05) is 36.6 Å². The quantitative estimate of drug-likeness (QED) is 0.710. The van der Waals surface area contributed by atoms with Crippen LogP contribution in [0.15, 0.2) is 29.6 Å². The molecule has 2 amide bonds. The van der Waals surface area contributed by atoms with Crippen molar-refractivity contribution in [2.45, 2.75) is 38.8 Å². The van der Waals surface area contributed by atoms with Gasteiger partial charge in [0.15, 0.2) is 0 Å². The van der Waals surface area contributed by atoms with Gasteiger partial charge in [-0.1, -0.05) is 23.7 Å². The fourth-order valence-electron chi connectivity index (χ4n) is 2.61. The highest BCUT2D eigenvalue weighted by Gasteiger charge is 2.30. The molecule has 0 bridgehead atoms. The van der Waals surface area contributed by atoms with Crippen LogP contribution in [-0.2, 0) is 22.6 Å². The molecule has 8 heteroatoms. The van der Waals surface area contributed by atoms with E-state index in [1.165, 1.54) is 11.3 Å². The zero-order valence-corrected chi connectivity index (χ0v) is 16.1. The van der Waals surface area contributed by atoms with Gasteiger partial charge in [-0.3, -0.25) is 25.3 Å². The lowest BCUT2D eigenvalue weighted by Gasteiger charge is -2.21. The topological polar surface area (TPSA) is 74.3 Å². The Morgan fingerprint density at radius 2 is 1.92 bits per heavy atom. The molecule has 1 fully saturated rings. The molecular weight excluding hydrogens is 372 g/mol. The van der Waals surface area contributed by atoms with E-state index in [-0.39, 0.29) is 24.8 Å². The van der Waals surface area contributed by atoms with Gasteiger partial charge in [0.1, 0.15) is 5.01 Å². The van der Waals surface area contributed by atoms with Gasteiger partial charge >= 0.3 is 0 Å². The van der Waals surface area contributed by atoms with Crippen LogP contribution in [0.1, 0.15) is 29.1 Å². The van der Waals surface area contributed by atoms with Gasteiger partial charge in [-0.05, 0) is 37.5 Å². The largest absolute Gasteiger partial charge is 0.287 e. The van der Waals surface area contributed by atoms with Crippen molar-refractivity contribution in [1.82, 2.24) is 20.7 Å². The minimum absolute atomic E-state index is 0.163. The van der Waals surface area contributed by atoms with Crippen LogP contribution >= 0.6 is 22.9 Å². The normalized spacial score (nSPS) is 13.7. The van der Waals surface area contributed by atoms with Crippen molar-refractivity contribution < 1.29 is 9.59 Å². The molecular formula is C18H21ClN4O2S. The van der Waals surface area contributed by atoms with Gasteiger partial charge in [0.05, 0.1) is 13.0 Å². The minimum Gasteiger partial charge on any atom is -0.287 e. The van der Waals surface area contributed by atoms with Crippen LogP contribution in [0.25, 0.3) is 0 Å². The van der Waals surface area contributed by atoms with E-state index in [2.05, 4.69) is 20.7 Å². The number of nitrogens with zero attached hydrogens (tertiary/aromatic N) is 2. The lowest BCUT2D eigenvalue weighted by Crippen LogP contribution is -2.47. The van der Waals surface area contributed by atoms with Crippen molar-refractivity contribution in [3.05, 3.63) is 50.9 Å². The Labute approximate surface area is 161 Å². The molecule has 1 aromatic heterocycles. The summed E-state index contributed by atoms with van der Waals surface area (Å²) in [4.78, 5) is 30.4. The van der Waals surface area contributed by atoms with Crippen LogP contribution in [0, 0.1) is 6.92 Å². The average molecular weight is 393 g/mol. The lowest BCUT2D eigenvalue weighted by molar-refractivity contribution is -0.129. The van der Waals surface area contributed by atoms with E-state index in [0.717, 1.165) is 29.1 Å². The Morgan fingerprint density at radius 1 is 1.23 bits per heavy atom. The van der Waals surface area contributed by atoms with Crippen LogP contribution in [0.5, 0.6) is 0 Å². The zero-order chi connectivity index (χ0) is 18.5. The molecule has 2 N–H and O–H groups in total. The average Bonchev–Trinajstić information content (AvgIpc) is 3.37. The summed E-state index contributed by atoms with van der Waals surface area (Å²) in [5, 5.41) is 3.32. The molecule has 1 heterocycles. The first-order chi connectivity index (χ1) is 12.5. The number of rotatable bonds is 7. The molecule has 2 aromatic rings. The summed E-state index contributed by atoms with van der Waals surface area (Å²) < 4.78 is 0. The van der Waals surface area contributed by atoms with Crippen molar-refractivity contribution in [1.29, 1.82) is 0 Å². The van der Waals surface area contributed by atoms with Crippen molar-refractivity contribution in [2.75, 3.05) is 6.54 Å². The molecule has 1 saturated carbocycles. The summed E-state index contributed by atoms with van der Waals surface area (Å²) in [5.41, 5.74) is 6.95. The number of carbonyl (C=O) groups is 2. The number of benzene rings is 1. The molecule has 0 aliphatic heterocycles. The maximum atomic E-state index is 12.2. The van der Waals surface area contributed by atoms with E-state index in [4.69, 9.17) is 11.6 Å². The fraction of sp³-hybridized carbons (Fsp3) is 0.389. The summed E-state index contributed by atoms with van der Waals surface area (Å²) in [6, 6.07) is 8.05. The molecule has 0 spiro atoms. The Morgan fingerprint density at radius 3 is 2.54 bits per heavy atom. The molecule has 0 atom stereocenters. The van der Waals surface area contributed by atoms with Crippen LogP contribution < -0.4 is 10.9 Å². The van der Waals surface area contributed by atoms with Gasteiger partial charge in [0.2, 0.25) is 5.91 Å². The smallest absolute Gasteiger partial charge is 0.252 e. The van der Waals surface area contributed by atoms with Gasteiger partial charge in [-0.25, -0.2) is 4.98 Å². The number of aromatic nitrogens is 1. The Balaban J connectivity index is 1.45. The van der Waals surface area contributed by atoms with Gasteiger partial charge in [0, 0.05) is 28.7 Å². The van der Waals surface area contributed by atoms with Gasteiger partial charge in [-0.15, -0.1) is 11.3 Å². The Kier molecular flexibility index (Phi) is 6.24. The highest BCUT2D eigenvalue weighted by molar-refractivity contribution is 7.09. The van der Waals surface area contributed by atoms with Crippen LogP contribution in [0.4, 0.5) is 0 Å². The maximum Gasteiger partial charge on any atom is 0.252 e. The predicted octanol–water partition coefficient (Wildman–Crippen LogP) is 2.46. The molecule has 6 nitrogen and oxygen atoms in total. The predicted molar refractivity (Wildman–Crippen MR) is 102 cm³/mol. The number of hydrogen-bond acceptors (Lipinski definition) is 5. The van der Waals surface area contributed by atoms with Crippen molar-refractivity contribution in [2.24, 2.45) is 0 Å². The van der Waals surface area contributed by atoms with E-state index in [1.54, 1.807) is 0 Å². The number of hydrogen-bond donors (Lipinski definition) is 2. The zero-order valence-electron chi connectivity index (χ0n) is 14.5. The number of amides is 2. The lowest BCUT2D eigenvalue weighted by atomic mass is 10.2. The highest BCUT2D eigenvalue weighted by atomic mass is 35.5. The van der Waals surface area contributed by atoms with Crippen LogP contribution in [0.3, 0.4) is 0 Å². The monoisotopic (exact) mass is 392 g/mol. The molecule has 138 valence electrons. The first-order valence-corrected chi connectivity index (χ1v) is 9.72. The molecule has 26 heavy (non-hydrogen) atoms. The molecule has 3 rings (SSSR count). The summed E-state index contributed by atoms with van der Waals surface area (Å²) in [5.74, 6) is -0.502. The standard InChI is InChI=1S/C18H21ClN4O2S/c1-12-11-26-18(20-12)8-16(24)21-22-17(25)10-23(15-6-7-15)9-13-2-4-14(19)5-3-13/h2-5,11,15H,6-10H2,1H3,(H,21,24)(H,22,25). The molecule has 0 saturated heterocycles. The summed E-state index contributed by atoms with van der Waals surface area (Å²) >= 11 is 7.35. The molecule has 1 aromatic carbocycles. The third kappa shape index (κ3) is 5.79. The van der Waals surface area contributed by atoms with Crippen LogP contribution in [0.2, 0.25) is 5.02 Å². The summed E-state index contributed by atoms with van der Waals surface area (Å²) in [6.45, 7) is 2.80. The van der Waals surface area contributed by atoms with Crippen molar-refractivity contribution in [3.8, 4) is 0 Å². The second kappa shape index (κ2) is 8.62. The third-order valence-corrected chi connectivity index (χ3v) is 5.25. The third-order valence-electron chi connectivity index (χ3n) is 4.03. The molecule has 0 unspecified atom stereocenters. The Bertz CT molecular complexity index is 774. The molecule has 0 radical (unpaired) electrons. The van der Waals surface area contributed by atoms with Crippen LogP contribution in [-0.4, -0.2) is 34.3 Å². The first kappa shape index (κ1) is 18.8. The van der Waals surface area contributed by atoms with E-state index < -0.39 is 0 Å². The van der Waals surface area contributed by atoms with Gasteiger partial charge in [-0.2, -0.15) is 0 Å².